The number of hydrogen-bond acceptors (Lipinski definition) is 4. The topological polar surface area (TPSA) is 50.3 Å². The highest BCUT2D eigenvalue weighted by Crippen LogP contribution is 2.21. The zero-order valence-corrected chi connectivity index (χ0v) is 22.2. The zero-order valence-electron chi connectivity index (χ0n) is 19.1. The molecule has 180 valence electrons. The molecule has 34 heavy (non-hydrogen) atoms. The van der Waals surface area contributed by atoms with Gasteiger partial charge in [0.15, 0.2) is 25.5 Å². The largest absolute Gasteiger partial charge is 1.00 e. The molecule has 2 aromatic heterocycles. The molecule has 6 nitrogen and oxygen atoms in total. The summed E-state index contributed by atoms with van der Waals surface area (Å²) in [5.74, 6) is 0. The Kier molecular flexibility index (Phi) is 10.1. The van der Waals surface area contributed by atoms with Crippen molar-refractivity contribution in [2.24, 2.45) is 0 Å². The summed E-state index contributed by atoms with van der Waals surface area (Å²) in [7, 11) is 0. The Morgan fingerprint density at radius 2 is 1.00 bits per heavy atom. The van der Waals surface area contributed by atoms with Crippen molar-refractivity contribution in [3.63, 3.8) is 0 Å². The standard InChI is InChI=1S/C26H28N4O2.2BrH/c1-3-7-25-21(5-1)23-9-13-29(25)15-19-32-20-16-30-14-10-24(22-6-2-4-8-26(22)30)28-12-18-31-17-11-27-23;;/h1-10,13-14H,11-12,15-20H2;2*1H. The van der Waals surface area contributed by atoms with Gasteiger partial charge in [0, 0.05) is 37.4 Å². The van der Waals surface area contributed by atoms with Crippen molar-refractivity contribution in [3.05, 3.63) is 73.1 Å². The first-order chi connectivity index (χ1) is 15.9. The first kappa shape index (κ1) is 26.3. The van der Waals surface area contributed by atoms with Crippen LogP contribution in [0.25, 0.3) is 21.8 Å². The van der Waals surface area contributed by atoms with Gasteiger partial charge in [0.25, 0.3) is 0 Å². The van der Waals surface area contributed by atoms with Crippen LogP contribution in [0.1, 0.15) is 0 Å². The smallest absolute Gasteiger partial charge is 0.214 e. The molecule has 0 spiro atoms. The molecule has 4 heterocycles. The molecule has 8 heteroatoms. The van der Waals surface area contributed by atoms with Crippen molar-refractivity contribution in [2.75, 3.05) is 50.2 Å². The van der Waals surface area contributed by atoms with Crippen LogP contribution in [-0.2, 0) is 22.6 Å². The van der Waals surface area contributed by atoms with Crippen LogP contribution >= 0.6 is 0 Å². The molecule has 0 radical (unpaired) electrons. The lowest BCUT2D eigenvalue weighted by atomic mass is 10.1. The van der Waals surface area contributed by atoms with Gasteiger partial charge >= 0.3 is 0 Å². The molecule has 4 aromatic rings. The Balaban J connectivity index is 0.00000162. The number of para-hydroxylation sites is 2. The molecule has 0 aliphatic carbocycles. The number of anilines is 2. The van der Waals surface area contributed by atoms with Gasteiger partial charge < -0.3 is 54.1 Å². The van der Waals surface area contributed by atoms with Crippen LogP contribution in [0.3, 0.4) is 0 Å². The number of halogens is 2. The van der Waals surface area contributed by atoms with Crippen LogP contribution in [0, 0.1) is 0 Å². The van der Waals surface area contributed by atoms with Gasteiger partial charge in [0.05, 0.1) is 35.4 Å². The summed E-state index contributed by atoms with van der Waals surface area (Å²) in [5, 5.41) is 9.49. The van der Waals surface area contributed by atoms with Crippen molar-refractivity contribution in [1.29, 1.82) is 0 Å². The molecular weight excluding hydrogens is 560 g/mol. The Morgan fingerprint density at radius 3 is 1.50 bits per heavy atom. The Morgan fingerprint density at radius 1 is 0.559 bits per heavy atom. The maximum Gasteiger partial charge on any atom is 0.214 e. The summed E-state index contributed by atoms with van der Waals surface area (Å²) in [6.45, 7) is 5.84. The predicted octanol–water partition coefficient (Wildman–Crippen LogP) is -2.85. The third-order valence-electron chi connectivity index (χ3n) is 5.93. The van der Waals surface area contributed by atoms with Crippen molar-refractivity contribution in [2.45, 2.75) is 13.1 Å². The summed E-state index contributed by atoms with van der Waals surface area (Å²) >= 11 is 0. The molecule has 2 N–H and O–H groups in total. The molecule has 2 aliphatic rings. The van der Waals surface area contributed by atoms with Crippen LogP contribution in [-0.4, -0.2) is 39.5 Å². The van der Waals surface area contributed by atoms with Crippen LogP contribution in [0.4, 0.5) is 11.4 Å². The van der Waals surface area contributed by atoms with Crippen molar-refractivity contribution in [1.82, 2.24) is 0 Å². The zero-order chi connectivity index (χ0) is 21.6. The Hall–Kier alpha value is -2.26. The number of nitrogens with one attached hydrogen (secondary N) is 2. The maximum atomic E-state index is 6.03. The number of nitrogens with zero attached hydrogens (tertiary/aromatic N) is 2. The molecule has 0 saturated heterocycles. The monoisotopic (exact) mass is 588 g/mol. The van der Waals surface area contributed by atoms with Gasteiger partial charge in [0.1, 0.15) is 13.2 Å². The second-order valence-electron chi connectivity index (χ2n) is 7.96. The second kappa shape index (κ2) is 13.0. The van der Waals surface area contributed by atoms with Gasteiger partial charge in [-0.1, -0.05) is 24.3 Å². The Labute approximate surface area is 221 Å². The number of hydrogen-bond donors (Lipinski definition) is 2. The second-order valence-corrected chi connectivity index (χ2v) is 7.96. The SMILES string of the molecule is [Br-].[Br-].c1ccc2c(c1)c1cc[n+]2CCOCC[n+]2ccc(c3ccccc32)NCCOCCN1. The van der Waals surface area contributed by atoms with E-state index in [1.807, 2.05) is 0 Å². The van der Waals surface area contributed by atoms with E-state index < -0.39 is 0 Å². The highest BCUT2D eigenvalue weighted by molar-refractivity contribution is 5.89. The highest BCUT2D eigenvalue weighted by atomic mass is 79.9. The molecule has 2 aliphatic heterocycles. The summed E-state index contributed by atoms with van der Waals surface area (Å²) < 4.78 is 16.4. The summed E-state index contributed by atoms with van der Waals surface area (Å²) in [4.78, 5) is 0. The van der Waals surface area contributed by atoms with E-state index in [9.17, 15) is 0 Å². The molecule has 0 fully saturated rings. The van der Waals surface area contributed by atoms with Crippen LogP contribution in [0.5, 0.6) is 0 Å². The molecule has 0 unspecified atom stereocenters. The minimum Gasteiger partial charge on any atom is -1.00 e. The van der Waals surface area contributed by atoms with Crippen molar-refractivity contribution >= 4 is 33.2 Å². The van der Waals surface area contributed by atoms with E-state index in [1.165, 1.54) is 21.8 Å². The number of rotatable bonds is 0. The summed E-state index contributed by atoms with van der Waals surface area (Å²) in [6, 6.07) is 21.3. The minimum absolute atomic E-state index is 0. The number of pyridine rings is 2. The number of fused-ring (bicyclic) bond motifs is 12. The average Bonchev–Trinajstić information content (AvgIpc) is 2.84. The molecule has 4 bridgehead atoms. The third-order valence-corrected chi connectivity index (χ3v) is 5.93. The number of aromatic nitrogens is 2. The average molecular weight is 590 g/mol. The lowest BCUT2D eigenvalue weighted by Crippen LogP contribution is -3.00. The third kappa shape index (κ3) is 6.05. The van der Waals surface area contributed by atoms with Crippen LogP contribution < -0.4 is 53.7 Å². The first-order valence-electron chi connectivity index (χ1n) is 11.4. The lowest BCUT2D eigenvalue weighted by molar-refractivity contribution is -0.680. The molecule has 2 aromatic carbocycles. The normalized spacial score (nSPS) is 15.1. The van der Waals surface area contributed by atoms with E-state index in [0.717, 1.165) is 37.6 Å². The van der Waals surface area contributed by atoms with Crippen molar-refractivity contribution in [3.8, 4) is 0 Å². The van der Waals surface area contributed by atoms with Crippen LogP contribution in [0.2, 0.25) is 0 Å². The van der Waals surface area contributed by atoms with Gasteiger partial charge in [-0.15, -0.1) is 0 Å². The summed E-state index contributed by atoms with van der Waals surface area (Å²) in [5.41, 5.74) is 4.68. The minimum atomic E-state index is 0. The summed E-state index contributed by atoms with van der Waals surface area (Å²) in [6.07, 6.45) is 4.27. The van der Waals surface area contributed by atoms with E-state index in [4.69, 9.17) is 9.47 Å². The van der Waals surface area contributed by atoms with E-state index >= 15 is 0 Å². The quantitative estimate of drug-likeness (QED) is 0.171. The first-order valence-corrected chi connectivity index (χ1v) is 11.4. The fourth-order valence-electron chi connectivity index (χ4n) is 4.32. The fraction of sp³-hybridized carbons (Fsp3) is 0.308. The van der Waals surface area contributed by atoms with Gasteiger partial charge in [0.2, 0.25) is 11.0 Å². The van der Waals surface area contributed by atoms with E-state index in [1.54, 1.807) is 0 Å². The molecule has 0 amide bonds. The Bertz CT molecular complexity index is 1130. The molecular formula is C26H30Br2N4O2. The predicted molar refractivity (Wildman–Crippen MR) is 127 cm³/mol. The molecule has 6 rings (SSSR count). The van der Waals surface area contributed by atoms with Gasteiger partial charge in [-0.25, -0.2) is 0 Å². The fourth-order valence-corrected chi connectivity index (χ4v) is 4.32. The van der Waals surface area contributed by atoms with E-state index in [0.29, 0.717) is 26.4 Å². The van der Waals surface area contributed by atoms with E-state index in [-0.39, 0.29) is 34.0 Å². The number of benzene rings is 2. The maximum absolute atomic E-state index is 6.03. The van der Waals surface area contributed by atoms with Crippen molar-refractivity contribution < 1.29 is 52.6 Å². The molecule has 0 atom stereocenters. The van der Waals surface area contributed by atoms with E-state index in [2.05, 4.69) is 92.8 Å². The number of ether oxygens (including phenoxy) is 2. The lowest BCUT2D eigenvalue weighted by Gasteiger charge is -2.12. The van der Waals surface area contributed by atoms with Crippen LogP contribution in [0.15, 0.2) is 73.1 Å². The van der Waals surface area contributed by atoms with Gasteiger partial charge in [-0.05, 0) is 12.1 Å². The van der Waals surface area contributed by atoms with Gasteiger partial charge in [-0.3, -0.25) is 0 Å². The highest BCUT2D eigenvalue weighted by Gasteiger charge is 2.14. The molecule has 0 saturated carbocycles. The van der Waals surface area contributed by atoms with Gasteiger partial charge in [-0.2, -0.15) is 9.13 Å².